The van der Waals surface area contributed by atoms with Gasteiger partial charge in [-0.2, -0.15) is 0 Å². The van der Waals surface area contributed by atoms with Crippen molar-refractivity contribution >= 4 is 5.91 Å². The first kappa shape index (κ1) is 29.6. The Hall–Kier alpha value is -1.51. The van der Waals surface area contributed by atoms with Crippen LogP contribution in [0.2, 0.25) is 0 Å². The van der Waals surface area contributed by atoms with Gasteiger partial charge in [-0.15, -0.1) is 0 Å². The van der Waals surface area contributed by atoms with Crippen molar-refractivity contribution in [3.8, 4) is 11.8 Å². The molecule has 1 amide bonds. The fourth-order valence-electron chi connectivity index (χ4n) is 8.68. The zero-order valence-corrected chi connectivity index (χ0v) is 24.6. The first-order valence-electron chi connectivity index (χ1n) is 16.4. The third-order valence-corrected chi connectivity index (χ3v) is 10.9. The van der Waals surface area contributed by atoms with Crippen molar-refractivity contribution in [2.75, 3.05) is 33.0 Å². The summed E-state index contributed by atoms with van der Waals surface area (Å²) in [5.41, 5.74) is 5.75. The summed E-state index contributed by atoms with van der Waals surface area (Å²) in [4.78, 5) is 16.4. The Morgan fingerprint density at radius 1 is 1.02 bits per heavy atom. The van der Waals surface area contributed by atoms with Crippen molar-refractivity contribution in [1.29, 1.82) is 0 Å². The molecular formula is C32H51N5O4. The summed E-state index contributed by atoms with van der Waals surface area (Å²) in [7, 11) is 0. The number of rotatable bonds is 5. The molecule has 4 aliphatic heterocycles. The molecule has 2 aliphatic carbocycles. The molecule has 228 valence electrons. The summed E-state index contributed by atoms with van der Waals surface area (Å²) in [6, 6.07) is 0.283. The molecule has 4 heterocycles. The highest BCUT2D eigenvalue weighted by Crippen LogP contribution is 2.47. The van der Waals surface area contributed by atoms with Gasteiger partial charge < -0.3 is 25.2 Å². The van der Waals surface area contributed by atoms with Crippen molar-refractivity contribution in [3.05, 3.63) is 12.7 Å². The topological polar surface area (TPSA) is 112 Å². The molecule has 0 aromatic rings. The highest BCUT2D eigenvalue weighted by Gasteiger charge is 2.56. The number of carbonyl (C=O) groups excluding carboxylic acids is 1. The van der Waals surface area contributed by atoms with Crippen LogP contribution < -0.4 is 16.4 Å². The predicted octanol–water partition coefficient (Wildman–Crippen LogP) is 1.90. The quantitative estimate of drug-likeness (QED) is 0.294. The van der Waals surface area contributed by atoms with Gasteiger partial charge in [-0.05, 0) is 62.9 Å². The Bertz CT molecular complexity index is 970. The van der Waals surface area contributed by atoms with Crippen LogP contribution in [0.3, 0.4) is 0 Å². The fourth-order valence-corrected chi connectivity index (χ4v) is 8.68. The van der Waals surface area contributed by atoms with Gasteiger partial charge in [-0.1, -0.05) is 37.7 Å². The van der Waals surface area contributed by atoms with Crippen LogP contribution in [0.4, 0.5) is 0 Å². The van der Waals surface area contributed by atoms with E-state index in [1.54, 1.807) is 4.90 Å². The molecule has 6 fully saturated rings. The molecule has 0 aromatic heterocycles. The van der Waals surface area contributed by atoms with Gasteiger partial charge in [0.05, 0.1) is 37.2 Å². The first-order valence-corrected chi connectivity index (χ1v) is 16.4. The van der Waals surface area contributed by atoms with Crippen LogP contribution in [0, 0.1) is 29.6 Å². The zero-order chi connectivity index (χ0) is 28.4. The normalized spacial score (nSPS) is 40.0. The van der Waals surface area contributed by atoms with E-state index in [1.807, 2.05) is 0 Å². The number of piperidine rings is 1. The lowest BCUT2D eigenvalue weighted by molar-refractivity contribution is -0.128. The standard InChI is InChI=1S/C32H51N5O4/c1-2-27(38)36-17-15-32(39,16-18-36)14-12-26-28(22-8-10-25(11-9-22)41-24-6-4-3-5-7-24)29-30(33)34-21-35-31(29)37(26)23-13-19-40-20-23/h2,22-26,28-31,34-35,39H,1,3-11,13,15-21,33H2. The van der Waals surface area contributed by atoms with E-state index in [2.05, 4.69) is 34.0 Å². The minimum Gasteiger partial charge on any atom is -0.380 e. The number of hydrogen-bond donors (Lipinski definition) is 4. The van der Waals surface area contributed by atoms with E-state index in [9.17, 15) is 9.90 Å². The summed E-state index contributed by atoms with van der Waals surface area (Å²) in [5, 5.41) is 18.7. The van der Waals surface area contributed by atoms with Crippen LogP contribution in [0.5, 0.6) is 0 Å². The third-order valence-electron chi connectivity index (χ3n) is 10.9. The second-order valence-corrected chi connectivity index (χ2v) is 13.4. The van der Waals surface area contributed by atoms with Gasteiger partial charge in [-0.3, -0.25) is 20.3 Å². The van der Waals surface area contributed by atoms with Gasteiger partial charge in [0.15, 0.2) is 0 Å². The van der Waals surface area contributed by atoms with Crippen LogP contribution in [-0.4, -0.2) is 96.0 Å². The maximum absolute atomic E-state index is 12.1. The second-order valence-electron chi connectivity index (χ2n) is 13.4. The number of nitrogens with one attached hydrogen (secondary N) is 2. The number of fused-ring (bicyclic) bond motifs is 1. The Labute approximate surface area is 245 Å². The van der Waals surface area contributed by atoms with Crippen molar-refractivity contribution in [1.82, 2.24) is 20.4 Å². The summed E-state index contributed by atoms with van der Waals surface area (Å²) in [6.07, 6.45) is 15.0. The Kier molecular flexibility index (Phi) is 9.38. The SMILES string of the molecule is C=CC(=O)N1CCC(O)(C#CC2C(C3CCC(OC4CCCCC4)CC3)C3C(N)NCNC3N2C2CCOC2)CC1. The second kappa shape index (κ2) is 13.0. The fraction of sp³-hybridized carbons (Fsp3) is 0.844. The van der Waals surface area contributed by atoms with Gasteiger partial charge in [-0.25, -0.2) is 0 Å². The van der Waals surface area contributed by atoms with E-state index in [4.69, 9.17) is 15.2 Å². The highest BCUT2D eigenvalue weighted by atomic mass is 16.5. The van der Waals surface area contributed by atoms with Crippen LogP contribution in [0.15, 0.2) is 12.7 Å². The molecule has 6 unspecified atom stereocenters. The van der Waals surface area contributed by atoms with Crippen LogP contribution in [0.25, 0.3) is 0 Å². The van der Waals surface area contributed by atoms with Gasteiger partial charge in [0.25, 0.3) is 0 Å². The van der Waals surface area contributed by atoms with Crippen molar-refractivity contribution < 1.29 is 19.4 Å². The average Bonchev–Trinajstić information content (AvgIpc) is 3.64. The summed E-state index contributed by atoms with van der Waals surface area (Å²) >= 11 is 0. The molecule has 6 rings (SSSR count). The van der Waals surface area contributed by atoms with Crippen molar-refractivity contribution in [2.24, 2.45) is 23.5 Å². The molecule has 4 saturated heterocycles. The average molecular weight is 570 g/mol. The molecule has 9 nitrogen and oxygen atoms in total. The molecule has 0 bridgehead atoms. The molecule has 6 atom stereocenters. The number of aliphatic hydroxyl groups is 1. The number of nitrogens with two attached hydrogens (primary N) is 1. The van der Waals surface area contributed by atoms with E-state index < -0.39 is 5.60 Å². The van der Waals surface area contributed by atoms with E-state index in [-0.39, 0.29) is 36.2 Å². The van der Waals surface area contributed by atoms with Crippen LogP contribution >= 0.6 is 0 Å². The smallest absolute Gasteiger partial charge is 0.245 e. The molecule has 0 radical (unpaired) electrons. The molecule has 41 heavy (non-hydrogen) atoms. The van der Waals surface area contributed by atoms with Crippen LogP contribution in [0.1, 0.15) is 77.0 Å². The Morgan fingerprint density at radius 2 is 1.76 bits per heavy atom. The number of hydrogen-bond acceptors (Lipinski definition) is 8. The van der Waals surface area contributed by atoms with E-state index >= 15 is 0 Å². The zero-order valence-electron chi connectivity index (χ0n) is 24.6. The summed E-state index contributed by atoms with van der Waals surface area (Å²) in [5.74, 6) is 8.00. The molecule has 2 saturated carbocycles. The minimum absolute atomic E-state index is 0.00664. The number of amides is 1. The number of ether oxygens (including phenoxy) is 2. The van der Waals surface area contributed by atoms with Crippen molar-refractivity contribution in [3.63, 3.8) is 0 Å². The third kappa shape index (κ3) is 6.40. The molecule has 0 spiro atoms. The largest absolute Gasteiger partial charge is 0.380 e. The van der Waals surface area contributed by atoms with Crippen LogP contribution in [-0.2, 0) is 14.3 Å². The first-order chi connectivity index (χ1) is 20.0. The Morgan fingerprint density at radius 3 is 2.44 bits per heavy atom. The predicted molar refractivity (Wildman–Crippen MR) is 157 cm³/mol. The van der Waals surface area contributed by atoms with Gasteiger partial charge >= 0.3 is 0 Å². The lowest BCUT2D eigenvalue weighted by Crippen LogP contribution is -2.64. The van der Waals surface area contributed by atoms with Gasteiger partial charge in [0.1, 0.15) is 5.60 Å². The minimum atomic E-state index is -1.09. The number of carbonyl (C=O) groups is 1. The van der Waals surface area contributed by atoms with Gasteiger partial charge in [0, 0.05) is 51.2 Å². The molecule has 5 N–H and O–H groups in total. The lowest BCUT2D eigenvalue weighted by Gasteiger charge is -2.41. The monoisotopic (exact) mass is 569 g/mol. The lowest BCUT2D eigenvalue weighted by atomic mass is 9.70. The Balaban J connectivity index is 1.22. The number of likely N-dealkylation sites (tertiary alicyclic amines) is 2. The van der Waals surface area contributed by atoms with E-state index in [0.29, 0.717) is 63.3 Å². The van der Waals surface area contributed by atoms with E-state index in [0.717, 1.165) is 38.7 Å². The summed E-state index contributed by atoms with van der Waals surface area (Å²) < 4.78 is 12.5. The maximum Gasteiger partial charge on any atom is 0.245 e. The number of nitrogens with zero attached hydrogens (tertiary/aromatic N) is 2. The van der Waals surface area contributed by atoms with Gasteiger partial charge in [0.2, 0.25) is 5.91 Å². The molecule has 9 heteroatoms. The molecular weight excluding hydrogens is 518 g/mol. The molecule has 0 aromatic carbocycles. The summed E-state index contributed by atoms with van der Waals surface area (Å²) in [6.45, 7) is 6.76. The maximum atomic E-state index is 12.1. The van der Waals surface area contributed by atoms with E-state index in [1.165, 1.54) is 38.2 Å². The highest BCUT2D eigenvalue weighted by molar-refractivity contribution is 5.87. The van der Waals surface area contributed by atoms with Crippen molar-refractivity contribution in [2.45, 2.75) is 119 Å². The molecule has 6 aliphatic rings.